The number of piperidine rings is 1. The predicted octanol–water partition coefficient (Wildman–Crippen LogP) is 4.17. The molecule has 2 aromatic heterocycles. The maximum atomic E-state index is 5.79. The lowest BCUT2D eigenvalue weighted by Gasteiger charge is -2.31. The van der Waals surface area contributed by atoms with E-state index in [-0.39, 0.29) is 0 Å². The van der Waals surface area contributed by atoms with Crippen molar-refractivity contribution in [2.24, 2.45) is 0 Å². The molecule has 1 aromatic carbocycles. The van der Waals surface area contributed by atoms with Crippen LogP contribution in [0.25, 0.3) is 11.3 Å². The molecule has 1 saturated heterocycles. The van der Waals surface area contributed by atoms with Gasteiger partial charge < -0.3 is 5.73 Å². The standard InChI is InChI=1S/C20H22N4S/c21-20-3-1-2-19(23-20)17-6-4-15(5-7-17)16-8-10-24(11-9-16)13-18-12-22-14-25-18/h1-7,12,14,16H,8-11,13H2,(H2,21,23). The van der Waals surface area contributed by atoms with Crippen LogP contribution in [0.4, 0.5) is 5.82 Å². The van der Waals surface area contributed by atoms with E-state index in [1.807, 2.05) is 29.9 Å². The fraction of sp³-hybridized carbons (Fsp3) is 0.300. The molecule has 0 aliphatic carbocycles. The van der Waals surface area contributed by atoms with Gasteiger partial charge >= 0.3 is 0 Å². The lowest BCUT2D eigenvalue weighted by atomic mass is 9.89. The number of hydrogen-bond acceptors (Lipinski definition) is 5. The minimum absolute atomic E-state index is 0.565. The molecule has 0 radical (unpaired) electrons. The van der Waals surface area contributed by atoms with Crippen molar-refractivity contribution in [2.45, 2.75) is 25.3 Å². The number of anilines is 1. The molecule has 4 nitrogen and oxygen atoms in total. The second-order valence-electron chi connectivity index (χ2n) is 6.59. The first-order chi connectivity index (χ1) is 12.3. The monoisotopic (exact) mass is 350 g/mol. The normalized spacial score (nSPS) is 16.2. The fourth-order valence-electron chi connectivity index (χ4n) is 3.50. The van der Waals surface area contributed by atoms with Crippen LogP contribution in [-0.2, 0) is 6.54 Å². The van der Waals surface area contributed by atoms with Gasteiger partial charge in [-0.3, -0.25) is 9.88 Å². The van der Waals surface area contributed by atoms with Crippen LogP contribution >= 0.6 is 11.3 Å². The van der Waals surface area contributed by atoms with E-state index in [0.717, 1.165) is 30.9 Å². The molecule has 1 fully saturated rings. The van der Waals surface area contributed by atoms with Crippen molar-refractivity contribution in [3.05, 3.63) is 64.6 Å². The van der Waals surface area contributed by atoms with Gasteiger partial charge in [-0.15, -0.1) is 11.3 Å². The van der Waals surface area contributed by atoms with Crippen LogP contribution in [-0.4, -0.2) is 28.0 Å². The number of rotatable bonds is 4. The van der Waals surface area contributed by atoms with Crippen molar-refractivity contribution in [1.29, 1.82) is 0 Å². The number of benzene rings is 1. The first-order valence-corrected chi connectivity index (χ1v) is 9.58. The molecule has 25 heavy (non-hydrogen) atoms. The van der Waals surface area contributed by atoms with Crippen LogP contribution in [0.5, 0.6) is 0 Å². The van der Waals surface area contributed by atoms with Gasteiger partial charge in [0.1, 0.15) is 5.82 Å². The number of aromatic nitrogens is 2. The molecule has 128 valence electrons. The number of hydrogen-bond donors (Lipinski definition) is 1. The van der Waals surface area contributed by atoms with Crippen molar-refractivity contribution in [2.75, 3.05) is 18.8 Å². The number of pyridine rings is 1. The largest absolute Gasteiger partial charge is 0.384 e. The first-order valence-electron chi connectivity index (χ1n) is 8.70. The van der Waals surface area contributed by atoms with Gasteiger partial charge in [0.2, 0.25) is 0 Å². The summed E-state index contributed by atoms with van der Waals surface area (Å²) in [4.78, 5) is 12.5. The zero-order valence-corrected chi connectivity index (χ0v) is 15.0. The van der Waals surface area contributed by atoms with E-state index < -0.39 is 0 Å². The highest BCUT2D eigenvalue weighted by atomic mass is 32.1. The summed E-state index contributed by atoms with van der Waals surface area (Å²) in [6, 6.07) is 14.6. The number of thiazole rings is 1. The molecule has 1 aliphatic rings. The third-order valence-corrected chi connectivity index (χ3v) is 5.66. The molecule has 0 unspecified atom stereocenters. The maximum Gasteiger partial charge on any atom is 0.124 e. The Bertz CT molecular complexity index is 806. The molecule has 1 aliphatic heterocycles. The molecule has 3 heterocycles. The van der Waals surface area contributed by atoms with Crippen LogP contribution in [0.1, 0.15) is 29.2 Å². The van der Waals surface area contributed by atoms with Gasteiger partial charge in [-0.25, -0.2) is 4.98 Å². The number of nitrogens with two attached hydrogens (primary N) is 1. The molecule has 0 amide bonds. The minimum Gasteiger partial charge on any atom is -0.384 e. The second kappa shape index (κ2) is 7.33. The molecule has 3 aromatic rings. The number of likely N-dealkylation sites (tertiary alicyclic amines) is 1. The summed E-state index contributed by atoms with van der Waals surface area (Å²) >= 11 is 1.75. The van der Waals surface area contributed by atoms with Gasteiger partial charge in [0.05, 0.1) is 11.2 Å². The smallest absolute Gasteiger partial charge is 0.124 e. The summed E-state index contributed by atoms with van der Waals surface area (Å²) in [5.41, 5.74) is 11.2. The molecule has 4 rings (SSSR count). The van der Waals surface area contributed by atoms with Crippen LogP contribution in [0, 0.1) is 0 Å². The Balaban J connectivity index is 1.38. The molecule has 0 atom stereocenters. The highest BCUT2D eigenvalue weighted by Gasteiger charge is 2.21. The molecule has 0 saturated carbocycles. The van der Waals surface area contributed by atoms with E-state index >= 15 is 0 Å². The van der Waals surface area contributed by atoms with E-state index in [4.69, 9.17) is 5.73 Å². The molecule has 0 spiro atoms. The fourth-order valence-corrected chi connectivity index (χ4v) is 4.14. The van der Waals surface area contributed by atoms with Crippen molar-refractivity contribution in [3.63, 3.8) is 0 Å². The van der Waals surface area contributed by atoms with Gasteiger partial charge in [0.25, 0.3) is 0 Å². The molecular weight excluding hydrogens is 328 g/mol. The van der Waals surface area contributed by atoms with Crippen molar-refractivity contribution >= 4 is 17.2 Å². The summed E-state index contributed by atoms with van der Waals surface area (Å²) in [7, 11) is 0. The Morgan fingerprint density at radius 2 is 1.88 bits per heavy atom. The average Bonchev–Trinajstić information content (AvgIpc) is 3.16. The zero-order chi connectivity index (χ0) is 17.1. The lowest BCUT2D eigenvalue weighted by Crippen LogP contribution is -2.32. The summed E-state index contributed by atoms with van der Waals surface area (Å²) in [5.74, 6) is 1.22. The second-order valence-corrected chi connectivity index (χ2v) is 7.56. The quantitative estimate of drug-likeness (QED) is 0.767. The third-order valence-electron chi connectivity index (χ3n) is 4.90. The number of nitrogen functional groups attached to an aromatic ring is 1. The predicted molar refractivity (Wildman–Crippen MR) is 103 cm³/mol. The summed E-state index contributed by atoms with van der Waals surface area (Å²) in [6.07, 6.45) is 4.42. The van der Waals surface area contributed by atoms with E-state index in [9.17, 15) is 0 Å². The molecular formula is C20H22N4S. The van der Waals surface area contributed by atoms with Crippen LogP contribution < -0.4 is 5.73 Å². The van der Waals surface area contributed by atoms with Gasteiger partial charge in [-0.05, 0) is 49.5 Å². The minimum atomic E-state index is 0.565. The summed E-state index contributed by atoms with van der Waals surface area (Å²) in [5, 5.41) is 0. The average molecular weight is 350 g/mol. The maximum absolute atomic E-state index is 5.79. The van der Waals surface area contributed by atoms with E-state index in [2.05, 4.69) is 39.1 Å². The van der Waals surface area contributed by atoms with Gasteiger partial charge in [0.15, 0.2) is 0 Å². The number of nitrogens with zero attached hydrogens (tertiary/aromatic N) is 3. The molecule has 0 bridgehead atoms. The SMILES string of the molecule is Nc1cccc(-c2ccc(C3CCN(Cc4cncs4)CC3)cc2)n1. The lowest BCUT2D eigenvalue weighted by molar-refractivity contribution is 0.206. The Labute approximate surface area is 152 Å². The van der Waals surface area contributed by atoms with Crippen LogP contribution in [0.2, 0.25) is 0 Å². The Morgan fingerprint density at radius 1 is 1.08 bits per heavy atom. The van der Waals surface area contributed by atoms with Gasteiger partial charge in [0, 0.05) is 23.2 Å². The molecule has 5 heteroatoms. The summed E-state index contributed by atoms with van der Waals surface area (Å²) in [6.45, 7) is 3.35. The highest BCUT2D eigenvalue weighted by molar-refractivity contribution is 7.09. The van der Waals surface area contributed by atoms with Crippen molar-refractivity contribution in [3.8, 4) is 11.3 Å². The Morgan fingerprint density at radius 3 is 2.56 bits per heavy atom. The van der Waals surface area contributed by atoms with Crippen LogP contribution in [0.15, 0.2) is 54.2 Å². The van der Waals surface area contributed by atoms with E-state index in [1.165, 1.54) is 23.3 Å². The third kappa shape index (κ3) is 3.89. The first kappa shape index (κ1) is 16.2. The highest BCUT2D eigenvalue weighted by Crippen LogP contribution is 2.30. The van der Waals surface area contributed by atoms with Gasteiger partial charge in [-0.1, -0.05) is 30.3 Å². The Hall–Kier alpha value is -2.24. The zero-order valence-electron chi connectivity index (χ0n) is 14.1. The van der Waals surface area contributed by atoms with E-state index in [0.29, 0.717) is 11.7 Å². The summed E-state index contributed by atoms with van der Waals surface area (Å²) < 4.78 is 0. The van der Waals surface area contributed by atoms with Gasteiger partial charge in [-0.2, -0.15) is 0 Å². The Kier molecular flexibility index (Phi) is 4.76. The topological polar surface area (TPSA) is 55.0 Å². The van der Waals surface area contributed by atoms with E-state index in [1.54, 1.807) is 11.3 Å². The van der Waals surface area contributed by atoms with Crippen molar-refractivity contribution < 1.29 is 0 Å². The van der Waals surface area contributed by atoms with Crippen LogP contribution in [0.3, 0.4) is 0 Å². The van der Waals surface area contributed by atoms with Crippen molar-refractivity contribution in [1.82, 2.24) is 14.9 Å². The molecule has 2 N–H and O–H groups in total.